The molecule has 0 spiro atoms. The van der Waals surface area contributed by atoms with Gasteiger partial charge in [0, 0.05) is 43.7 Å². The Morgan fingerprint density at radius 3 is 1.43 bits per heavy atom. The lowest BCUT2D eigenvalue weighted by Crippen LogP contribution is -1.99. The SMILES string of the molecule is c1ccc(-n2c3ccc(-c4ccc(-n5c6ccccc6c6ccccc65)cc4)cc3c3cc4c5ccccc5c5ccccc5n4c32)cc1. The Morgan fingerprint density at radius 2 is 0.755 bits per heavy atom. The minimum atomic E-state index is 1.16. The van der Waals surface area contributed by atoms with Gasteiger partial charge < -0.3 is 4.57 Å². The summed E-state index contributed by atoms with van der Waals surface area (Å²) < 4.78 is 7.29. The van der Waals surface area contributed by atoms with Crippen molar-refractivity contribution < 1.29 is 0 Å². The zero-order valence-corrected chi connectivity index (χ0v) is 26.6. The van der Waals surface area contributed by atoms with Gasteiger partial charge in [0.25, 0.3) is 0 Å². The molecule has 0 fully saturated rings. The first-order valence-corrected chi connectivity index (χ1v) is 16.9. The lowest BCUT2D eigenvalue weighted by Gasteiger charge is -2.13. The average Bonchev–Trinajstić information content (AvgIpc) is 3.83. The number of benzene rings is 7. The smallest absolute Gasteiger partial charge is 0.131 e. The quantitative estimate of drug-likeness (QED) is 0.174. The van der Waals surface area contributed by atoms with Gasteiger partial charge in [-0.05, 0) is 77.2 Å². The second-order valence-electron chi connectivity index (χ2n) is 13.0. The van der Waals surface area contributed by atoms with E-state index in [0.717, 1.165) is 11.4 Å². The van der Waals surface area contributed by atoms with E-state index in [2.05, 4.69) is 189 Å². The predicted molar refractivity (Wildman–Crippen MR) is 207 cm³/mol. The van der Waals surface area contributed by atoms with E-state index in [1.165, 1.54) is 82.1 Å². The number of nitrogens with zero attached hydrogens (tertiary/aromatic N) is 3. The van der Waals surface area contributed by atoms with Gasteiger partial charge in [0.05, 0.1) is 27.6 Å². The highest BCUT2D eigenvalue weighted by Gasteiger charge is 2.21. The van der Waals surface area contributed by atoms with Crippen LogP contribution in [0.25, 0.3) is 93.4 Å². The first-order chi connectivity index (χ1) is 24.3. The van der Waals surface area contributed by atoms with Crippen molar-refractivity contribution in [3.05, 3.63) is 176 Å². The van der Waals surface area contributed by atoms with Crippen molar-refractivity contribution in [1.82, 2.24) is 13.5 Å². The van der Waals surface area contributed by atoms with Crippen molar-refractivity contribution in [1.29, 1.82) is 0 Å². The molecule has 0 aliphatic heterocycles. The van der Waals surface area contributed by atoms with E-state index < -0.39 is 0 Å². The van der Waals surface area contributed by atoms with Crippen LogP contribution in [0.5, 0.6) is 0 Å². The second kappa shape index (κ2) is 9.96. The van der Waals surface area contributed by atoms with Gasteiger partial charge in [-0.25, -0.2) is 0 Å². The van der Waals surface area contributed by atoms with Gasteiger partial charge in [-0.1, -0.05) is 115 Å². The van der Waals surface area contributed by atoms with Gasteiger partial charge in [-0.15, -0.1) is 0 Å². The number of pyridine rings is 1. The fourth-order valence-corrected chi connectivity index (χ4v) is 8.28. The van der Waals surface area contributed by atoms with E-state index in [1.54, 1.807) is 0 Å². The number of para-hydroxylation sites is 4. The van der Waals surface area contributed by atoms with Crippen LogP contribution in [0.15, 0.2) is 176 Å². The summed E-state index contributed by atoms with van der Waals surface area (Å²) in [5.74, 6) is 0. The molecule has 4 heterocycles. The molecule has 0 aliphatic carbocycles. The lowest BCUT2D eigenvalue weighted by molar-refractivity contribution is 1.12. The van der Waals surface area contributed by atoms with Crippen LogP contribution >= 0.6 is 0 Å². The maximum absolute atomic E-state index is 2.47. The van der Waals surface area contributed by atoms with Crippen LogP contribution in [0.2, 0.25) is 0 Å². The molecule has 0 radical (unpaired) electrons. The first-order valence-electron chi connectivity index (χ1n) is 16.9. The Morgan fingerprint density at radius 1 is 0.265 bits per heavy atom. The molecule has 4 aromatic heterocycles. The molecule has 11 aromatic rings. The van der Waals surface area contributed by atoms with Crippen molar-refractivity contribution in [2.45, 2.75) is 0 Å². The summed E-state index contributed by atoms with van der Waals surface area (Å²) in [5.41, 5.74) is 12.0. The Kier molecular flexibility index (Phi) is 5.38. The third-order valence-corrected chi connectivity index (χ3v) is 10.4. The molecule has 11 rings (SSSR count). The fraction of sp³-hybridized carbons (Fsp3) is 0. The summed E-state index contributed by atoms with van der Waals surface area (Å²) in [4.78, 5) is 0. The molecule has 0 saturated heterocycles. The van der Waals surface area contributed by atoms with Gasteiger partial charge in [0.2, 0.25) is 0 Å². The van der Waals surface area contributed by atoms with E-state index in [0.29, 0.717) is 0 Å². The largest absolute Gasteiger partial charge is 0.309 e. The molecule has 0 aliphatic rings. The monoisotopic (exact) mass is 623 g/mol. The van der Waals surface area contributed by atoms with E-state index in [-0.39, 0.29) is 0 Å². The molecule has 3 nitrogen and oxygen atoms in total. The average molecular weight is 624 g/mol. The van der Waals surface area contributed by atoms with Crippen LogP contribution in [0.1, 0.15) is 0 Å². The maximum Gasteiger partial charge on any atom is 0.131 e. The number of aromatic nitrogens is 3. The van der Waals surface area contributed by atoms with Gasteiger partial charge in [-0.3, -0.25) is 8.97 Å². The molecule has 0 saturated carbocycles. The predicted octanol–water partition coefficient (Wildman–Crippen LogP) is 12.1. The molecular weight excluding hydrogens is 595 g/mol. The highest BCUT2D eigenvalue weighted by Crippen LogP contribution is 2.41. The van der Waals surface area contributed by atoms with Crippen LogP contribution in [-0.4, -0.2) is 13.5 Å². The summed E-state index contributed by atoms with van der Waals surface area (Å²) in [7, 11) is 0. The molecule has 228 valence electrons. The highest BCUT2D eigenvalue weighted by molar-refractivity contribution is 6.20. The Bertz CT molecular complexity index is 3030. The molecule has 49 heavy (non-hydrogen) atoms. The fourth-order valence-electron chi connectivity index (χ4n) is 8.28. The number of fused-ring (bicyclic) bond motifs is 13. The van der Waals surface area contributed by atoms with Crippen molar-refractivity contribution in [3.63, 3.8) is 0 Å². The summed E-state index contributed by atoms with van der Waals surface area (Å²) in [5, 5.41) is 8.87. The van der Waals surface area contributed by atoms with Crippen LogP contribution < -0.4 is 0 Å². The summed E-state index contributed by atoms with van der Waals surface area (Å²) in [6.45, 7) is 0. The number of hydrogen-bond acceptors (Lipinski definition) is 0. The number of rotatable bonds is 3. The lowest BCUT2D eigenvalue weighted by atomic mass is 10.0. The zero-order valence-electron chi connectivity index (χ0n) is 26.6. The summed E-state index contributed by atoms with van der Waals surface area (Å²) in [6, 6.07) is 64.2. The van der Waals surface area contributed by atoms with Crippen LogP contribution in [-0.2, 0) is 0 Å². The molecule has 3 heteroatoms. The third-order valence-electron chi connectivity index (χ3n) is 10.4. The topological polar surface area (TPSA) is 14.3 Å². The zero-order chi connectivity index (χ0) is 32.1. The normalized spacial score (nSPS) is 12.1. The van der Waals surface area contributed by atoms with Crippen molar-refractivity contribution in [2.75, 3.05) is 0 Å². The van der Waals surface area contributed by atoms with Crippen LogP contribution in [0, 0.1) is 0 Å². The maximum atomic E-state index is 2.47. The van der Waals surface area contributed by atoms with Gasteiger partial charge in [-0.2, -0.15) is 0 Å². The molecule has 7 aromatic carbocycles. The molecular formula is C46H29N3. The van der Waals surface area contributed by atoms with Crippen molar-refractivity contribution in [2.24, 2.45) is 0 Å². The second-order valence-corrected chi connectivity index (χ2v) is 13.0. The Labute approximate surface area is 282 Å². The summed E-state index contributed by atoms with van der Waals surface area (Å²) in [6.07, 6.45) is 0. The Hall–Kier alpha value is -6.58. The van der Waals surface area contributed by atoms with Crippen molar-refractivity contribution >= 4 is 70.9 Å². The Balaban J connectivity index is 1.16. The van der Waals surface area contributed by atoms with E-state index in [1.807, 2.05) is 0 Å². The molecule has 0 unspecified atom stereocenters. The van der Waals surface area contributed by atoms with Gasteiger partial charge in [0.1, 0.15) is 5.65 Å². The van der Waals surface area contributed by atoms with E-state index >= 15 is 0 Å². The van der Waals surface area contributed by atoms with Gasteiger partial charge in [0.15, 0.2) is 0 Å². The first kappa shape index (κ1) is 26.5. The van der Waals surface area contributed by atoms with Crippen LogP contribution in [0.3, 0.4) is 0 Å². The number of hydrogen-bond donors (Lipinski definition) is 0. The summed E-state index contributed by atoms with van der Waals surface area (Å²) >= 11 is 0. The minimum absolute atomic E-state index is 1.16. The molecule has 0 amide bonds. The van der Waals surface area contributed by atoms with Crippen LogP contribution in [0.4, 0.5) is 0 Å². The standard InChI is InChI=1S/C46H29N3/c1-2-12-32(13-3-1)48-44-27-24-31(30-22-25-33(26-23-30)47-41-19-9-7-17-37(41)38-18-8-10-20-42(38)47)28-39(44)40-29-45-36-16-5-4-14-34(36)35-15-6-11-21-43(35)49(45)46(40)48/h1-29H. The molecule has 0 bridgehead atoms. The van der Waals surface area contributed by atoms with E-state index in [9.17, 15) is 0 Å². The molecule has 0 atom stereocenters. The van der Waals surface area contributed by atoms with Gasteiger partial charge >= 0.3 is 0 Å². The highest BCUT2D eigenvalue weighted by atomic mass is 15.1. The third kappa shape index (κ3) is 3.67. The molecule has 0 N–H and O–H groups in total. The van der Waals surface area contributed by atoms with E-state index in [4.69, 9.17) is 0 Å². The van der Waals surface area contributed by atoms with Crippen molar-refractivity contribution in [3.8, 4) is 22.5 Å². The minimum Gasteiger partial charge on any atom is -0.309 e.